The van der Waals surface area contributed by atoms with E-state index in [0.29, 0.717) is 31.1 Å². The number of nitrogens with zero attached hydrogens (tertiary/aromatic N) is 2. The monoisotopic (exact) mass is 379 g/mol. The molecule has 1 unspecified atom stereocenters. The molecule has 2 fully saturated rings. The van der Waals surface area contributed by atoms with Gasteiger partial charge >= 0.3 is 0 Å². The second kappa shape index (κ2) is 8.06. The Labute approximate surface area is 156 Å². The van der Waals surface area contributed by atoms with Crippen molar-refractivity contribution >= 4 is 15.7 Å². The van der Waals surface area contributed by atoms with Gasteiger partial charge in [-0.2, -0.15) is 0 Å². The Morgan fingerprint density at radius 2 is 1.85 bits per heavy atom. The Bertz CT molecular complexity index is 726. The molecule has 0 aromatic heterocycles. The standard InChI is InChI=1S/C19H29N3O3S/c1-15(20)17-5-7-22(8-6-17)19(23)18-4-2-3-16(13-18)14-21-9-11-26(24,25)12-10-21/h2-4,13,15,17H,5-12,14,20H2,1H3. The number of sulfone groups is 1. The minimum atomic E-state index is -2.87. The van der Waals surface area contributed by atoms with Gasteiger partial charge in [-0.1, -0.05) is 12.1 Å². The Balaban J connectivity index is 1.59. The Morgan fingerprint density at radius 1 is 1.19 bits per heavy atom. The van der Waals surface area contributed by atoms with E-state index in [1.54, 1.807) is 0 Å². The Hall–Kier alpha value is -1.44. The van der Waals surface area contributed by atoms with E-state index < -0.39 is 9.84 Å². The average molecular weight is 380 g/mol. The third kappa shape index (κ3) is 4.84. The molecule has 0 bridgehead atoms. The van der Waals surface area contributed by atoms with E-state index in [2.05, 4.69) is 4.90 Å². The highest BCUT2D eigenvalue weighted by Crippen LogP contribution is 2.21. The van der Waals surface area contributed by atoms with Crippen LogP contribution in [0.1, 0.15) is 35.7 Å². The van der Waals surface area contributed by atoms with Crippen LogP contribution in [0.4, 0.5) is 0 Å². The number of amides is 1. The number of nitrogens with two attached hydrogens (primary N) is 1. The van der Waals surface area contributed by atoms with E-state index in [9.17, 15) is 13.2 Å². The predicted octanol–water partition coefficient (Wildman–Crippen LogP) is 1.12. The molecule has 0 aliphatic carbocycles. The molecule has 1 aromatic carbocycles. The lowest BCUT2D eigenvalue weighted by atomic mass is 9.90. The molecule has 2 N–H and O–H groups in total. The van der Waals surface area contributed by atoms with Crippen molar-refractivity contribution in [3.8, 4) is 0 Å². The van der Waals surface area contributed by atoms with Gasteiger partial charge in [0.1, 0.15) is 0 Å². The lowest BCUT2D eigenvalue weighted by molar-refractivity contribution is 0.0681. The summed E-state index contributed by atoms with van der Waals surface area (Å²) in [7, 11) is -2.87. The summed E-state index contributed by atoms with van der Waals surface area (Å²) in [6.45, 7) is 5.37. The number of carbonyl (C=O) groups excluding carboxylic acids is 1. The topological polar surface area (TPSA) is 83.7 Å². The molecule has 7 heteroatoms. The first kappa shape index (κ1) is 19.3. The van der Waals surface area contributed by atoms with Gasteiger partial charge in [-0.05, 0) is 43.4 Å². The summed E-state index contributed by atoms with van der Waals surface area (Å²) in [4.78, 5) is 16.9. The molecule has 0 radical (unpaired) electrons. The zero-order chi connectivity index (χ0) is 18.7. The largest absolute Gasteiger partial charge is 0.339 e. The summed E-state index contributed by atoms with van der Waals surface area (Å²) in [6, 6.07) is 7.91. The summed E-state index contributed by atoms with van der Waals surface area (Å²) in [5.41, 5.74) is 7.75. The van der Waals surface area contributed by atoms with Gasteiger partial charge in [-0.3, -0.25) is 9.69 Å². The lowest BCUT2D eigenvalue weighted by Crippen LogP contribution is -2.42. The number of carbonyl (C=O) groups is 1. The minimum Gasteiger partial charge on any atom is -0.339 e. The lowest BCUT2D eigenvalue weighted by Gasteiger charge is -2.34. The first-order valence-corrected chi connectivity index (χ1v) is 11.2. The highest BCUT2D eigenvalue weighted by atomic mass is 32.2. The number of piperidine rings is 1. The van der Waals surface area contributed by atoms with Crippen LogP contribution in [0.3, 0.4) is 0 Å². The van der Waals surface area contributed by atoms with Crippen molar-refractivity contribution in [1.82, 2.24) is 9.80 Å². The molecule has 144 valence electrons. The van der Waals surface area contributed by atoms with Gasteiger partial charge < -0.3 is 10.6 Å². The highest BCUT2D eigenvalue weighted by molar-refractivity contribution is 7.91. The second-order valence-corrected chi connectivity index (χ2v) is 9.92. The van der Waals surface area contributed by atoms with Crippen LogP contribution in [-0.4, -0.2) is 67.9 Å². The number of rotatable bonds is 4. The minimum absolute atomic E-state index is 0.0798. The molecule has 3 rings (SSSR count). The van der Waals surface area contributed by atoms with E-state index in [-0.39, 0.29) is 23.5 Å². The summed E-state index contributed by atoms with van der Waals surface area (Å²) in [6.07, 6.45) is 1.93. The van der Waals surface area contributed by atoms with Crippen molar-refractivity contribution in [2.24, 2.45) is 11.7 Å². The quantitative estimate of drug-likeness (QED) is 0.847. The molecule has 2 heterocycles. The van der Waals surface area contributed by atoms with Crippen LogP contribution >= 0.6 is 0 Å². The Morgan fingerprint density at radius 3 is 2.46 bits per heavy atom. The van der Waals surface area contributed by atoms with Crippen LogP contribution < -0.4 is 5.73 Å². The van der Waals surface area contributed by atoms with E-state index in [1.807, 2.05) is 36.1 Å². The number of hydrogen-bond acceptors (Lipinski definition) is 5. The molecule has 26 heavy (non-hydrogen) atoms. The molecular formula is C19H29N3O3S. The van der Waals surface area contributed by atoms with Crippen LogP contribution in [-0.2, 0) is 16.4 Å². The molecular weight excluding hydrogens is 350 g/mol. The molecule has 6 nitrogen and oxygen atoms in total. The normalized spacial score (nSPS) is 22.9. The van der Waals surface area contributed by atoms with Gasteiger partial charge in [0.25, 0.3) is 5.91 Å². The highest BCUT2D eigenvalue weighted by Gasteiger charge is 2.26. The molecule has 2 aliphatic rings. The van der Waals surface area contributed by atoms with E-state index in [1.165, 1.54) is 0 Å². The van der Waals surface area contributed by atoms with Gasteiger partial charge in [0.15, 0.2) is 9.84 Å². The fourth-order valence-electron chi connectivity index (χ4n) is 3.78. The molecule has 2 saturated heterocycles. The van der Waals surface area contributed by atoms with Gasteiger partial charge in [0.05, 0.1) is 11.5 Å². The summed E-state index contributed by atoms with van der Waals surface area (Å²) < 4.78 is 23.1. The van der Waals surface area contributed by atoms with Gasteiger partial charge in [-0.25, -0.2) is 8.42 Å². The molecule has 0 spiro atoms. The van der Waals surface area contributed by atoms with Crippen LogP contribution in [0.5, 0.6) is 0 Å². The average Bonchev–Trinajstić information content (AvgIpc) is 2.63. The van der Waals surface area contributed by atoms with E-state index >= 15 is 0 Å². The van der Waals surface area contributed by atoms with Gasteiger partial charge in [-0.15, -0.1) is 0 Å². The first-order chi connectivity index (χ1) is 12.3. The molecule has 1 atom stereocenters. The molecule has 0 saturated carbocycles. The van der Waals surface area contributed by atoms with Crippen molar-refractivity contribution in [3.05, 3.63) is 35.4 Å². The maximum absolute atomic E-state index is 12.8. The fourth-order valence-corrected chi connectivity index (χ4v) is 5.06. The summed E-state index contributed by atoms with van der Waals surface area (Å²) >= 11 is 0. The summed E-state index contributed by atoms with van der Waals surface area (Å²) in [5.74, 6) is 1.03. The van der Waals surface area contributed by atoms with Crippen LogP contribution in [0.2, 0.25) is 0 Å². The first-order valence-electron chi connectivity index (χ1n) is 9.40. The van der Waals surface area contributed by atoms with Crippen molar-refractivity contribution in [2.45, 2.75) is 32.4 Å². The maximum atomic E-state index is 12.8. The van der Waals surface area contributed by atoms with Crippen LogP contribution in [0, 0.1) is 5.92 Å². The zero-order valence-electron chi connectivity index (χ0n) is 15.4. The summed E-state index contributed by atoms with van der Waals surface area (Å²) in [5, 5.41) is 0. The van der Waals surface area contributed by atoms with Crippen molar-refractivity contribution < 1.29 is 13.2 Å². The van der Waals surface area contributed by atoms with Crippen molar-refractivity contribution in [1.29, 1.82) is 0 Å². The van der Waals surface area contributed by atoms with E-state index in [0.717, 1.165) is 31.5 Å². The maximum Gasteiger partial charge on any atom is 0.253 e. The smallest absolute Gasteiger partial charge is 0.253 e. The predicted molar refractivity (Wildman–Crippen MR) is 103 cm³/mol. The van der Waals surface area contributed by atoms with Crippen LogP contribution in [0.15, 0.2) is 24.3 Å². The Kier molecular flexibility index (Phi) is 5.99. The molecule has 2 aliphatic heterocycles. The van der Waals surface area contributed by atoms with Crippen molar-refractivity contribution in [3.63, 3.8) is 0 Å². The molecule has 1 amide bonds. The van der Waals surface area contributed by atoms with Crippen molar-refractivity contribution in [2.75, 3.05) is 37.7 Å². The fraction of sp³-hybridized carbons (Fsp3) is 0.632. The van der Waals surface area contributed by atoms with Gasteiger partial charge in [0, 0.05) is 44.3 Å². The SMILES string of the molecule is CC(N)C1CCN(C(=O)c2cccc(CN3CCS(=O)(=O)CC3)c2)CC1. The zero-order valence-corrected chi connectivity index (χ0v) is 16.2. The van der Waals surface area contributed by atoms with Gasteiger partial charge in [0.2, 0.25) is 0 Å². The van der Waals surface area contributed by atoms with E-state index in [4.69, 9.17) is 5.73 Å². The molecule has 1 aromatic rings. The number of benzene rings is 1. The third-order valence-electron chi connectivity index (χ3n) is 5.59. The number of hydrogen-bond donors (Lipinski definition) is 1. The van der Waals surface area contributed by atoms with Crippen LogP contribution in [0.25, 0.3) is 0 Å². The number of likely N-dealkylation sites (tertiary alicyclic amines) is 1. The second-order valence-electron chi connectivity index (χ2n) is 7.62. The third-order valence-corrected chi connectivity index (χ3v) is 7.20.